The summed E-state index contributed by atoms with van der Waals surface area (Å²) in [6.45, 7) is 11.4. The predicted molar refractivity (Wildman–Crippen MR) is 65.8 cm³/mol. The quantitative estimate of drug-likeness (QED) is 0.735. The first kappa shape index (κ1) is 12.3. The first-order chi connectivity index (χ1) is 7.95. The first-order valence-electron chi connectivity index (χ1n) is 6.68. The number of nitrogens with one attached hydrogen (secondary N) is 1. The molecule has 0 spiro atoms. The van der Waals surface area contributed by atoms with Crippen molar-refractivity contribution in [2.75, 3.05) is 65.6 Å². The highest BCUT2D eigenvalue weighted by atomic mass is 16.5. The lowest BCUT2D eigenvalue weighted by Crippen LogP contribution is -2.43. The summed E-state index contributed by atoms with van der Waals surface area (Å²) in [4.78, 5) is 5.12. The Balaban J connectivity index is 1.62. The molecule has 0 radical (unpaired) electrons. The van der Waals surface area contributed by atoms with Crippen LogP contribution in [0.15, 0.2) is 0 Å². The van der Waals surface area contributed by atoms with E-state index in [1.54, 1.807) is 0 Å². The number of ether oxygens (including phenoxy) is 1. The summed E-state index contributed by atoms with van der Waals surface area (Å²) in [6, 6.07) is 0. The summed E-state index contributed by atoms with van der Waals surface area (Å²) < 4.78 is 5.36. The maximum absolute atomic E-state index is 5.36. The molecule has 16 heavy (non-hydrogen) atoms. The number of hydrogen-bond donors (Lipinski definition) is 1. The summed E-state index contributed by atoms with van der Waals surface area (Å²) >= 11 is 0. The molecule has 0 aliphatic carbocycles. The first-order valence-corrected chi connectivity index (χ1v) is 6.68. The van der Waals surface area contributed by atoms with Gasteiger partial charge >= 0.3 is 0 Å². The van der Waals surface area contributed by atoms with Crippen LogP contribution in [0.3, 0.4) is 0 Å². The summed E-state index contributed by atoms with van der Waals surface area (Å²) in [5.74, 6) is 0. The van der Waals surface area contributed by atoms with E-state index in [0.29, 0.717) is 0 Å². The van der Waals surface area contributed by atoms with Crippen molar-refractivity contribution in [3.8, 4) is 0 Å². The molecule has 2 aliphatic heterocycles. The lowest BCUT2D eigenvalue weighted by atomic mass is 10.2. The molecule has 0 aromatic rings. The van der Waals surface area contributed by atoms with Gasteiger partial charge in [0, 0.05) is 39.3 Å². The molecule has 2 saturated heterocycles. The van der Waals surface area contributed by atoms with Crippen LogP contribution in [-0.2, 0) is 4.74 Å². The van der Waals surface area contributed by atoms with Crippen LogP contribution in [0.25, 0.3) is 0 Å². The Morgan fingerprint density at radius 2 is 1.56 bits per heavy atom. The van der Waals surface area contributed by atoms with E-state index in [4.69, 9.17) is 4.74 Å². The molecular formula is C12H25N3O. The minimum absolute atomic E-state index is 0.918. The maximum Gasteiger partial charge on any atom is 0.0594 e. The molecule has 2 rings (SSSR count). The molecular weight excluding hydrogens is 202 g/mol. The van der Waals surface area contributed by atoms with Crippen LogP contribution >= 0.6 is 0 Å². The molecule has 4 nitrogen and oxygen atoms in total. The van der Waals surface area contributed by atoms with Gasteiger partial charge in [-0.1, -0.05) is 0 Å². The highest BCUT2D eigenvalue weighted by molar-refractivity contribution is 4.68. The SMILES string of the molecule is C1CCN(CCN2CCOCC2)CCNC1. The number of morpholine rings is 1. The van der Waals surface area contributed by atoms with Gasteiger partial charge in [0.1, 0.15) is 0 Å². The lowest BCUT2D eigenvalue weighted by molar-refractivity contribution is 0.0331. The molecule has 1 N–H and O–H groups in total. The topological polar surface area (TPSA) is 27.7 Å². The fourth-order valence-corrected chi connectivity index (χ4v) is 2.39. The fraction of sp³-hybridized carbons (Fsp3) is 1.00. The minimum Gasteiger partial charge on any atom is -0.379 e. The number of nitrogens with zero attached hydrogens (tertiary/aromatic N) is 2. The molecule has 0 aromatic carbocycles. The second-order valence-electron chi connectivity index (χ2n) is 4.75. The van der Waals surface area contributed by atoms with Crippen LogP contribution in [0.4, 0.5) is 0 Å². The van der Waals surface area contributed by atoms with Crippen molar-refractivity contribution in [1.29, 1.82) is 0 Å². The Kier molecular flexibility index (Phi) is 5.55. The normalized spacial score (nSPS) is 26.2. The third kappa shape index (κ3) is 4.37. The molecule has 0 atom stereocenters. The molecule has 0 bridgehead atoms. The van der Waals surface area contributed by atoms with Crippen LogP contribution in [0, 0.1) is 0 Å². The van der Waals surface area contributed by atoms with Gasteiger partial charge in [0.25, 0.3) is 0 Å². The zero-order valence-electron chi connectivity index (χ0n) is 10.3. The molecule has 0 aromatic heterocycles. The van der Waals surface area contributed by atoms with Crippen molar-refractivity contribution < 1.29 is 4.74 Å². The van der Waals surface area contributed by atoms with E-state index in [0.717, 1.165) is 32.8 Å². The Morgan fingerprint density at radius 1 is 0.812 bits per heavy atom. The summed E-state index contributed by atoms with van der Waals surface area (Å²) in [5, 5.41) is 3.48. The minimum atomic E-state index is 0.918. The molecule has 4 heteroatoms. The van der Waals surface area contributed by atoms with Crippen LogP contribution in [0.2, 0.25) is 0 Å². The van der Waals surface area contributed by atoms with Crippen molar-refractivity contribution in [2.24, 2.45) is 0 Å². The summed E-state index contributed by atoms with van der Waals surface area (Å²) in [5.41, 5.74) is 0. The second kappa shape index (κ2) is 7.22. The third-order valence-electron chi connectivity index (χ3n) is 3.52. The third-order valence-corrected chi connectivity index (χ3v) is 3.52. The highest BCUT2D eigenvalue weighted by Gasteiger charge is 2.12. The highest BCUT2D eigenvalue weighted by Crippen LogP contribution is 2.01. The zero-order valence-corrected chi connectivity index (χ0v) is 10.3. The van der Waals surface area contributed by atoms with Gasteiger partial charge in [0.05, 0.1) is 13.2 Å². The Hall–Kier alpha value is -0.160. The van der Waals surface area contributed by atoms with Crippen LogP contribution in [0.1, 0.15) is 12.8 Å². The van der Waals surface area contributed by atoms with Gasteiger partial charge in [-0.2, -0.15) is 0 Å². The van der Waals surface area contributed by atoms with Crippen molar-refractivity contribution in [3.05, 3.63) is 0 Å². The standard InChI is InChI=1S/C12H25N3O/c1-2-5-14(6-4-13-3-1)7-8-15-9-11-16-12-10-15/h13H,1-12H2. The van der Waals surface area contributed by atoms with Gasteiger partial charge in [0.15, 0.2) is 0 Å². The van der Waals surface area contributed by atoms with Crippen LogP contribution < -0.4 is 5.32 Å². The summed E-state index contributed by atoms with van der Waals surface area (Å²) in [7, 11) is 0. The molecule has 2 heterocycles. The lowest BCUT2D eigenvalue weighted by Gasteiger charge is -2.30. The van der Waals surface area contributed by atoms with Gasteiger partial charge in [-0.3, -0.25) is 4.90 Å². The van der Waals surface area contributed by atoms with E-state index in [2.05, 4.69) is 15.1 Å². The van der Waals surface area contributed by atoms with E-state index in [9.17, 15) is 0 Å². The van der Waals surface area contributed by atoms with Crippen LogP contribution in [-0.4, -0.2) is 75.4 Å². The van der Waals surface area contributed by atoms with E-state index >= 15 is 0 Å². The van der Waals surface area contributed by atoms with E-state index in [1.165, 1.54) is 45.6 Å². The molecule has 0 unspecified atom stereocenters. The number of hydrogen-bond acceptors (Lipinski definition) is 4. The summed E-state index contributed by atoms with van der Waals surface area (Å²) in [6.07, 6.45) is 2.67. The van der Waals surface area contributed by atoms with Crippen LogP contribution in [0.5, 0.6) is 0 Å². The van der Waals surface area contributed by atoms with E-state index in [1.807, 2.05) is 0 Å². The molecule has 2 aliphatic rings. The largest absolute Gasteiger partial charge is 0.379 e. The predicted octanol–water partition coefficient (Wildman–Crippen LogP) is 0.00400. The second-order valence-corrected chi connectivity index (χ2v) is 4.75. The van der Waals surface area contributed by atoms with Crippen molar-refractivity contribution in [2.45, 2.75) is 12.8 Å². The maximum atomic E-state index is 5.36. The van der Waals surface area contributed by atoms with Gasteiger partial charge in [-0.05, 0) is 25.9 Å². The van der Waals surface area contributed by atoms with Gasteiger partial charge < -0.3 is 15.0 Å². The molecule has 0 saturated carbocycles. The Morgan fingerprint density at radius 3 is 2.38 bits per heavy atom. The van der Waals surface area contributed by atoms with Crippen molar-refractivity contribution in [3.63, 3.8) is 0 Å². The molecule has 2 fully saturated rings. The van der Waals surface area contributed by atoms with Gasteiger partial charge in [-0.25, -0.2) is 0 Å². The number of rotatable bonds is 3. The molecule has 0 amide bonds. The molecule has 94 valence electrons. The average molecular weight is 227 g/mol. The van der Waals surface area contributed by atoms with Crippen molar-refractivity contribution >= 4 is 0 Å². The Bertz CT molecular complexity index is 175. The fourth-order valence-electron chi connectivity index (χ4n) is 2.39. The van der Waals surface area contributed by atoms with Gasteiger partial charge in [0.2, 0.25) is 0 Å². The van der Waals surface area contributed by atoms with E-state index < -0.39 is 0 Å². The monoisotopic (exact) mass is 227 g/mol. The Labute approximate surface area is 98.9 Å². The smallest absolute Gasteiger partial charge is 0.0594 e. The van der Waals surface area contributed by atoms with Gasteiger partial charge in [-0.15, -0.1) is 0 Å². The van der Waals surface area contributed by atoms with Crippen molar-refractivity contribution in [1.82, 2.24) is 15.1 Å². The average Bonchev–Trinajstić information content (AvgIpc) is 2.29. The van der Waals surface area contributed by atoms with E-state index in [-0.39, 0.29) is 0 Å². The zero-order chi connectivity index (χ0) is 11.1.